The number of halogens is 2. The summed E-state index contributed by atoms with van der Waals surface area (Å²) in [4.78, 5) is 0. The first-order chi connectivity index (χ1) is 7.41. The molecule has 2 rings (SSSR count). The van der Waals surface area contributed by atoms with Crippen LogP contribution >= 0.6 is 11.6 Å². The number of benzene rings is 2. The molecule has 0 nitrogen and oxygen atoms in total. The normalized spacial score (nSPS) is 12.1. The first-order valence-electron chi connectivity index (χ1n) is 5.28. The zero-order valence-electron chi connectivity index (χ0n) is 9.64. The van der Waals surface area contributed by atoms with Crippen LogP contribution in [-0.4, -0.2) is 0 Å². The molecule has 0 aliphatic rings. The lowest BCUT2D eigenvalue weighted by molar-refractivity contribution is 0.579. The fourth-order valence-corrected chi connectivity index (χ4v) is 2.46. The Morgan fingerprint density at radius 2 is 1.75 bits per heavy atom. The SMILES string of the molecule is CC(C)(C)c1c(Cl)c(F)cc2ccccc12. The minimum Gasteiger partial charge on any atom is -0.205 e. The van der Waals surface area contributed by atoms with E-state index in [1.165, 1.54) is 6.07 Å². The molecular formula is C14H14ClF. The van der Waals surface area contributed by atoms with E-state index in [1.54, 1.807) is 0 Å². The molecule has 0 saturated heterocycles. The van der Waals surface area contributed by atoms with Gasteiger partial charge in [0.2, 0.25) is 0 Å². The molecule has 0 fully saturated rings. The Morgan fingerprint density at radius 1 is 1.12 bits per heavy atom. The molecule has 0 unspecified atom stereocenters. The summed E-state index contributed by atoms with van der Waals surface area (Å²) in [6.07, 6.45) is 0. The van der Waals surface area contributed by atoms with Crippen molar-refractivity contribution in [3.8, 4) is 0 Å². The summed E-state index contributed by atoms with van der Waals surface area (Å²) in [5, 5.41) is 2.17. The molecule has 2 heteroatoms. The van der Waals surface area contributed by atoms with Gasteiger partial charge in [-0.05, 0) is 27.8 Å². The average molecular weight is 237 g/mol. The predicted molar refractivity (Wildman–Crippen MR) is 67.6 cm³/mol. The van der Waals surface area contributed by atoms with E-state index >= 15 is 0 Å². The Balaban J connectivity index is 2.93. The van der Waals surface area contributed by atoms with Gasteiger partial charge in [-0.1, -0.05) is 56.6 Å². The van der Waals surface area contributed by atoms with Crippen LogP contribution in [0.4, 0.5) is 4.39 Å². The van der Waals surface area contributed by atoms with E-state index in [-0.39, 0.29) is 16.3 Å². The van der Waals surface area contributed by atoms with Gasteiger partial charge in [-0.3, -0.25) is 0 Å². The number of rotatable bonds is 0. The van der Waals surface area contributed by atoms with E-state index < -0.39 is 0 Å². The Morgan fingerprint density at radius 3 is 2.38 bits per heavy atom. The largest absolute Gasteiger partial charge is 0.205 e. The van der Waals surface area contributed by atoms with Gasteiger partial charge in [0.25, 0.3) is 0 Å². The summed E-state index contributed by atoms with van der Waals surface area (Å²) in [5.74, 6) is -0.342. The molecule has 0 spiro atoms. The van der Waals surface area contributed by atoms with E-state index in [4.69, 9.17) is 11.6 Å². The van der Waals surface area contributed by atoms with E-state index in [0.29, 0.717) is 0 Å². The lowest BCUT2D eigenvalue weighted by Gasteiger charge is -2.23. The summed E-state index contributed by atoms with van der Waals surface area (Å²) in [6, 6.07) is 9.24. The van der Waals surface area contributed by atoms with E-state index in [2.05, 4.69) is 0 Å². The monoisotopic (exact) mass is 236 g/mol. The quantitative estimate of drug-likeness (QED) is 0.608. The molecule has 0 N–H and O–H groups in total. The second-order valence-electron chi connectivity index (χ2n) is 5.02. The molecule has 0 bridgehead atoms. The standard InChI is InChI=1S/C14H14ClF/c1-14(2,3)12-10-7-5-4-6-9(10)8-11(16)13(12)15/h4-8H,1-3H3. The molecular weight excluding hydrogens is 223 g/mol. The predicted octanol–water partition coefficient (Wildman–Crippen LogP) is 4.93. The molecule has 0 aliphatic carbocycles. The summed E-state index contributed by atoms with van der Waals surface area (Å²) in [7, 11) is 0. The van der Waals surface area contributed by atoms with Crippen molar-refractivity contribution in [2.24, 2.45) is 0 Å². The van der Waals surface area contributed by atoms with Crippen LogP contribution in [0.5, 0.6) is 0 Å². The molecule has 84 valence electrons. The smallest absolute Gasteiger partial charge is 0.142 e. The Labute approximate surface area is 100 Å². The lowest BCUT2D eigenvalue weighted by atomic mass is 9.83. The zero-order valence-corrected chi connectivity index (χ0v) is 10.4. The highest BCUT2D eigenvalue weighted by atomic mass is 35.5. The van der Waals surface area contributed by atoms with Crippen molar-refractivity contribution >= 4 is 22.4 Å². The molecule has 2 aromatic carbocycles. The highest BCUT2D eigenvalue weighted by Crippen LogP contribution is 2.37. The molecule has 0 amide bonds. The van der Waals surface area contributed by atoms with E-state index in [1.807, 2.05) is 45.0 Å². The van der Waals surface area contributed by atoms with Gasteiger partial charge in [0, 0.05) is 0 Å². The maximum Gasteiger partial charge on any atom is 0.142 e. The Hall–Kier alpha value is -1.08. The molecule has 0 saturated carbocycles. The molecule has 0 heterocycles. The van der Waals surface area contributed by atoms with Crippen molar-refractivity contribution in [2.45, 2.75) is 26.2 Å². The molecule has 0 atom stereocenters. The summed E-state index contributed by atoms with van der Waals surface area (Å²) >= 11 is 6.08. The summed E-state index contributed by atoms with van der Waals surface area (Å²) in [6.45, 7) is 6.13. The van der Waals surface area contributed by atoms with Crippen LogP contribution in [0.3, 0.4) is 0 Å². The second-order valence-corrected chi connectivity index (χ2v) is 5.40. The number of fused-ring (bicyclic) bond motifs is 1. The van der Waals surface area contributed by atoms with Gasteiger partial charge in [-0.25, -0.2) is 4.39 Å². The zero-order chi connectivity index (χ0) is 11.9. The van der Waals surface area contributed by atoms with Crippen LogP contribution in [0.1, 0.15) is 26.3 Å². The van der Waals surface area contributed by atoms with Crippen LogP contribution in [0, 0.1) is 5.82 Å². The topological polar surface area (TPSA) is 0 Å². The molecule has 0 aliphatic heterocycles. The fraction of sp³-hybridized carbons (Fsp3) is 0.286. The number of hydrogen-bond donors (Lipinski definition) is 0. The minimum absolute atomic E-state index is 0.168. The van der Waals surface area contributed by atoms with Crippen LogP contribution in [0.2, 0.25) is 5.02 Å². The van der Waals surface area contributed by atoms with Crippen LogP contribution in [0.25, 0.3) is 10.8 Å². The Bertz CT molecular complexity index is 538. The van der Waals surface area contributed by atoms with Gasteiger partial charge in [0.15, 0.2) is 0 Å². The maximum absolute atomic E-state index is 13.7. The van der Waals surface area contributed by atoms with Crippen LogP contribution in [0.15, 0.2) is 30.3 Å². The highest BCUT2D eigenvalue weighted by molar-refractivity contribution is 6.32. The maximum atomic E-state index is 13.7. The third-order valence-electron chi connectivity index (χ3n) is 2.69. The van der Waals surface area contributed by atoms with Crippen molar-refractivity contribution < 1.29 is 4.39 Å². The van der Waals surface area contributed by atoms with Crippen molar-refractivity contribution in [1.82, 2.24) is 0 Å². The van der Waals surface area contributed by atoms with Crippen molar-refractivity contribution in [2.75, 3.05) is 0 Å². The van der Waals surface area contributed by atoms with E-state index in [0.717, 1.165) is 16.3 Å². The van der Waals surface area contributed by atoms with Crippen LogP contribution in [-0.2, 0) is 5.41 Å². The van der Waals surface area contributed by atoms with Gasteiger partial charge in [0.1, 0.15) is 5.82 Å². The van der Waals surface area contributed by atoms with Gasteiger partial charge in [0.05, 0.1) is 5.02 Å². The fourth-order valence-electron chi connectivity index (χ4n) is 2.02. The van der Waals surface area contributed by atoms with Crippen molar-refractivity contribution in [1.29, 1.82) is 0 Å². The van der Waals surface area contributed by atoms with Gasteiger partial charge in [-0.15, -0.1) is 0 Å². The Kier molecular flexibility index (Phi) is 2.67. The molecule has 0 aromatic heterocycles. The first kappa shape index (κ1) is 11.4. The van der Waals surface area contributed by atoms with Gasteiger partial charge >= 0.3 is 0 Å². The summed E-state index contributed by atoms with van der Waals surface area (Å²) < 4.78 is 13.7. The summed E-state index contributed by atoms with van der Waals surface area (Å²) in [5.41, 5.74) is 0.712. The molecule has 0 radical (unpaired) electrons. The van der Waals surface area contributed by atoms with E-state index in [9.17, 15) is 4.39 Å². The minimum atomic E-state index is -0.342. The average Bonchev–Trinajstić information content (AvgIpc) is 2.17. The first-order valence-corrected chi connectivity index (χ1v) is 5.66. The third-order valence-corrected chi connectivity index (χ3v) is 3.06. The highest BCUT2D eigenvalue weighted by Gasteiger charge is 2.22. The van der Waals surface area contributed by atoms with Gasteiger partial charge in [-0.2, -0.15) is 0 Å². The lowest BCUT2D eigenvalue weighted by Crippen LogP contribution is -2.13. The molecule has 16 heavy (non-hydrogen) atoms. The van der Waals surface area contributed by atoms with Crippen molar-refractivity contribution in [3.63, 3.8) is 0 Å². The number of hydrogen-bond acceptors (Lipinski definition) is 0. The van der Waals surface area contributed by atoms with Gasteiger partial charge < -0.3 is 0 Å². The molecule has 2 aromatic rings. The third kappa shape index (κ3) is 1.80. The van der Waals surface area contributed by atoms with Crippen LogP contribution < -0.4 is 0 Å². The van der Waals surface area contributed by atoms with Crippen molar-refractivity contribution in [3.05, 3.63) is 46.7 Å². The second kappa shape index (κ2) is 3.74.